The third-order valence-corrected chi connectivity index (χ3v) is 8.49. The van der Waals surface area contributed by atoms with Crippen LogP contribution in [0.4, 0.5) is 4.39 Å². The molecule has 3 aromatic rings. The van der Waals surface area contributed by atoms with E-state index in [-0.39, 0.29) is 42.9 Å². The quantitative estimate of drug-likeness (QED) is 0.428. The van der Waals surface area contributed by atoms with Gasteiger partial charge >= 0.3 is 0 Å². The molecule has 1 unspecified atom stereocenters. The fraction of sp³-hybridized carbons (Fsp3) is 0.320. The van der Waals surface area contributed by atoms with Crippen molar-refractivity contribution in [3.8, 4) is 17.0 Å². The van der Waals surface area contributed by atoms with Gasteiger partial charge in [-0.3, -0.25) is 23.4 Å². The van der Waals surface area contributed by atoms with E-state index < -0.39 is 28.2 Å². The molecule has 12 heteroatoms. The van der Waals surface area contributed by atoms with Crippen LogP contribution in [0, 0.1) is 5.82 Å². The lowest BCUT2D eigenvalue weighted by Gasteiger charge is -2.26. The number of carbonyl (C=O) groups is 2. The first-order chi connectivity index (χ1) is 17.6. The number of aromatic nitrogens is 2. The Hall–Kier alpha value is -3.12. The first kappa shape index (κ1) is 25.5. The van der Waals surface area contributed by atoms with E-state index >= 15 is 0 Å². The summed E-state index contributed by atoms with van der Waals surface area (Å²) in [5, 5.41) is 7.76. The van der Waals surface area contributed by atoms with Crippen LogP contribution in [0.2, 0.25) is 5.02 Å². The number of fused-ring (bicyclic) bond motifs is 3. The van der Waals surface area contributed by atoms with Crippen LogP contribution < -0.4 is 10.1 Å². The highest BCUT2D eigenvalue weighted by Crippen LogP contribution is 2.45. The third-order valence-electron chi connectivity index (χ3n) is 6.43. The molecule has 37 heavy (non-hydrogen) atoms. The fourth-order valence-electron chi connectivity index (χ4n) is 4.76. The molecule has 1 fully saturated rings. The summed E-state index contributed by atoms with van der Waals surface area (Å²) in [4.78, 5) is 28.0. The Balaban J connectivity index is 1.44. The van der Waals surface area contributed by atoms with Crippen LogP contribution >= 0.6 is 22.2 Å². The smallest absolute Gasteiger partial charge is 0.275 e. The van der Waals surface area contributed by atoms with E-state index in [0.717, 1.165) is 0 Å². The number of nitrogens with one attached hydrogen (secondary N) is 1. The number of hydrogen-bond acceptors (Lipinski definition) is 6. The van der Waals surface area contributed by atoms with E-state index in [4.69, 9.17) is 16.3 Å². The van der Waals surface area contributed by atoms with Crippen LogP contribution in [0.3, 0.4) is 0 Å². The molecular weight excluding hydrogens is 523 g/mol. The molecule has 2 aromatic carbocycles. The lowest BCUT2D eigenvalue weighted by atomic mass is 10.0. The molecule has 0 radical (unpaired) electrons. The maximum absolute atomic E-state index is 13.9. The molecule has 9 nitrogen and oxygen atoms in total. The van der Waals surface area contributed by atoms with Gasteiger partial charge in [0.25, 0.3) is 5.91 Å². The summed E-state index contributed by atoms with van der Waals surface area (Å²) in [5.41, 5.74) is 2.60. The molecule has 1 atom stereocenters. The van der Waals surface area contributed by atoms with Crippen LogP contribution in [-0.4, -0.2) is 59.7 Å². The Kier molecular flexibility index (Phi) is 6.88. The number of benzene rings is 2. The van der Waals surface area contributed by atoms with E-state index in [0.29, 0.717) is 39.6 Å². The highest BCUT2D eigenvalue weighted by atomic mass is 35.5. The number of rotatable bonds is 6. The van der Waals surface area contributed by atoms with E-state index in [2.05, 4.69) is 10.4 Å². The molecule has 2 aliphatic heterocycles. The normalized spacial score (nSPS) is 18.4. The van der Waals surface area contributed by atoms with Crippen molar-refractivity contribution in [1.82, 2.24) is 20.0 Å². The summed E-state index contributed by atoms with van der Waals surface area (Å²) in [6.07, 6.45) is 0.443. The molecule has 5 rings (SSSR count). The predicted molar refractivity (Wildman–Crippen MR) is 138 cm³/mol. The van der Waals surface area contributed by atoms with E-state index in [1.165, 1.54) is 23.1 Å². The second-order valence-electron chi connectivity index (χ2n) is 9.25. The Morgan fingerprint density at radius 1 is 1.30 bits per heavy atom. The number of aryl methyl sites for hydroxylation is 1. The molecule has 0 aliphatic carbocycles. The summed E-state index contributed by atoms with van der Waals surface area (Å²) >= 11 is 6.20. The second-order valence-corrected chi connectivity index (χ2v) is 12.0. The van der Waals surface area contributed by atoms with Crippen molar-refractivity contribution < 1.29 is 27.8 Å². The highest BCUT2D eigenvalue weighted by Gasteiger charge is 2.33. The number of ether oxygens (including phenoxy) is 1. The van der Waals surface area contributed by atoms with Crippen LogP contribution in [0.1, 0.15) is 28.0 Å². The Bertz CT molecular complexity index is 1380. The minimum absolute atomic E-state index is 0.0293. The van der Waals surface area contributed by atoms with Gasteiger partial charge in [-0.05, 0) is 42.3 Å². The standard InChI is InChI=1S/C25H26ClFN4O5S/c1-30-24-19-10-16(26)5-6-21(19)36-13-20(24)23(29-30)25(33)31(11-15-3-2-4-17(27)9-15)12-22(32)28-18-7-8-37(34,35)14-18/h2-6,9-10,18,34-35H,7-8,11-14H2,1H3,(H,28,32). The lowest BCUT2D eigenvalue weighted by molar-refractivity contribution is -0.122. The van der Waals surface area contributed by atoms with Crippen LogP contribution in [0.5, 0.6) is 5.75 Å². The number of halogens is 2. The fourth-order valence-corrected chi connectivity index (χ4v) is 6.66. The first-order valence-corrected chi connectivity index (χ1v) is 13.9. The summed E-state index contributed by atoms with van der Waals surface area (Å²) in [6.45, 7) is -0.239. The Morgan fingerprint density at radius 3 is 2.84 bits per heavy atom. The Labute approximate surface area is 219 Å². The maximum Gasteiger partial charge on any atom is 0.275 e. The molecule has 3 N–H and O–H groups in total. The molecule has 0 saturated carbocycles. The molecule has 196 valence electrons. The van der Waals surface area contributed by atoms with Gasteiger partial charge in [0.2, 0.25) is 5.91 Å². The van der Waals surface area contributed by atoms with Crippen LogP contribution in [-0.2, 0) is 25.0 Å². The lowest BCUT2D eigenvalue weighted by Crippen LogP contribution is -2.44. The Morgan fingerprint density at radius 2 is 2.11 bits per heavy atom. The first-order valence-electron chi connectivity index (χ1n) is 11.6. The van der Waals surface area contributed by atoms with Gasteiger partial charge in [0.05, 0.1) is 11.4 Å². The monoisotopic (exact) mass is 548 g/mol. The molecule has 1 aromatic heterocycles. The van der Waals surface area contributed by atoms with Gasteiger partial charge in [-0.1, -0.05) is 23.7 Å². The van der Waals surface area contributed by atoms with Gasteiger partial charge < -0.3 is 15.0 Å². The van der Waals surface area contributed by atoms with Crippen molar-refractivity contribution in [3.63, 3.8) is 0 Å². The summed E-state index contributed by atoms with van der Waals surface area (Å²) in [6, 6.07) is 10.6. The van der Waals surface area contributed by atoms with Crippen LogP contribution in [0.25, 0.3) is 11.3 Å². The van der Waals surface area contributed by atoms with Gasteiger partial charge in [-0.2, -0.15) is 15.7 Å². The van der Waals surface area contributed by atoms with Gasteiger partial charge in [0.1, 0.15) is 24.7 Å². The molecule has 2 aliphatic rings. The SMILES string of the molecule is Cn1nc(C(=O)N(CC(=O)NC2CCS(O)(O)C2)Cc2cccc(F)c2)c2c1-c1cc(Cl)ccc1OC2. The average molecular weight is 549 g/mol. The van der Waals surface area contributed by atoms with Crippen molar-refractivity contribution >= 4 is 34.0 Å². The van der Waals surface area contributed by atoms with E-state index in [1.807, 2.05) is 0 Å². The predicted octanol–water partition coefficient (Wildman–Crippen LogP) is 4.05. The van der Waals surface area contributed by atoms with Crippen LogP contribution in [0.15, 0.2) is 42.5 Å². The number of hydrogen-bond donors (Lipinski definition) is 3. The third kappa shape index (κ3) is 5.45. The zero-order chi connectivity index (χ0) is 26.3. The topological polar surface area (TPSA) is 117 Å². The summed E-state index contributed by atoms with van der Waals surface area (Å²) in [5.74, 6) is -0.481. The molecule has 3 heterocycles. The highest BCUT2D eigenvalue weighted by molar-refractivity contribution is 8.24. The average Bonchev–Trinajstić information content (AvgIpc) is 3.36. The second kappa shape index (κ2) is 9.97. The molecule has 0 spiro atoms. The van der Waals surface area contributed by atoms with Crippen molar-refractivity contribution in [2.24, 2.45) is 7.05 Å². The maximum atomic E-state index is 13.9. The molecular formula is C25H26ClFN4O5S. The van der Waals surface area contributed by atoms with Gasteiger partial charge in [-0.25, -0.2) is 4.39 Å². The summed E-state index contributed by atoms with van der Waals surface area (Å²) < 4.78 is 41.1. The van der Waals surface area contributed by atoms with Gasteiger partial charge in [0, 0.05) is 41.5 Å². The van der Waals surface area contributed by atoms with Gasteiger partial charge in [-0.15, -0.1) is 0 Å². The van der Waals surface area contributed by atoms with Crippen molar-refractivity contribution in [1.29, 1.82) is 0 Å². The van der Waals surface area contributed by atoms with Gasteiger partial charge in [0.15, 0.2) is 5.69 Å². The van der Waals surface area contributed by atoms with Crippen molar-refractivity contribution in [3.05, 3.63) is 70.1 Å². The molecule has 0 bridgehead atoms. The number of amides is 2. The van der Waals surface area contributed by atoms with Crippen molar-refractivity contribution in [2.45, 2.75) is 25.6 Å². The minimum atomic E-state index is -2.69. The largest absolute Gasteiger partial charge is 0.488 e. The van der Waals surface area contributed by atoms with E-state index in [9.17, 15) is 23.1 Å². The molecule has 2 amide bonds. The summed E-state index contributed by atoms with van der Waals surface area (Å²) in [7, 11) is -0.974. The minimum Gasteiger partial charge on any atom is -0.488 e. The zero-order valence-electron chi connectivity index (χ0n) is 20.0. The van der Waals surface area contributed by atoms with Crippen molar-refractivity contribution in [2.75, 3.05) is 18.1 Å². The zero-order valence-corrected chi connectivity index (χ0v) is 21.6. The van der Waals surface area contributed by atoms with E-state index in [1.54, 1.807) is 36.0 Å². The molecule has 1 saturated heterocycles. The number of nitrogens with zero attached hydrogens (tertiary/aromatic N) is 3. The number of carbonyl (C=O) groups excluding carboxylic acids is 2.